The van der Waals surface area contributed by atoms with Crippen LogP contribution in [0.25, 0.3) is 0 Å². The monoisotopic (exact) mass is 315 g/mol. The van der Waals surface area contributed by atoms with Gasteiger partial charge in [-0.25, -0.2) is 17.5 Å². The molecule has 0 radical (unpaired) electrons. The molecule has 118 valence electrons. The van der Waals surface area contributed by atoms with Crippen molar-refractivity contribution < 1.29 is 17.9 Å². The summed E-state index contributed by atoms with van der Waals surface area (Å²) in [6.07, 6.45) is -0.251. The lowest BCUT2D eigenvalue weighted by Gasteiger charge is -2.29. The highest BCUT2D eigenvalue weighted by Crippen LogP contribution is 2.20. The minimum Gasteiger partial charge on any atom is -0.387 e. The van der Waals surface area contributed by atoms with Gasteiger partial charge in [0.05, 0.1) is 23.4 Å². The van der Waals surface area contributed by atoms with Gasteiger partial charge >= 0.3 is 0 Å². The first-order chi connectivity index (χ1) is 9.83. The molecule has 0 saturated heterocycles. The molecule has 1 aromatic carbocycles. The number of aliphatic hydroxyl groups excluding tert-OH is 1. The molecule has 0 fully saturated rings. The molecule has 3 atom stereocenters. The van der Waals surface area contributed by atoms with Gasteiger partial charge in [0.15, 0.2) is 0 Å². The Hall–Kier alpha value is -1.24. The highest BCUT2D eigenvalue weighted by atomic mass is 32.2. The van der Waals surface area contributed by atoms with Crippen molar-refractivity contribution in [3.05, 3.63) is 42.2 Å². The smallest absolute Gasteiger partial charge is 0.240 e. The summed E-state index contributed by atoms with van der Waals surface area (Å²) in [5, 5.41) is 10.2. The first kappa shape index (κ1) is 17.8. The summed E-state index contributed by atoms with van der Waals surface area (Å²) in [7, 11) is -3.76. The van der Waals surface area contributed by atoms with Crippen LogP contribution >= 0.6 is 0 Å². The normalized spacial score (nSPS) is 17.3. The average molecular weight is 315 g/mol. The fourth-order valence-electron chi connectivity index (χ4n) is 1.94. The minimum absolute atomic E-state index is 0.0936. The van der Waals surface area contributed by atoms with Crippen molar-refractivity contribution in [2.45, 2.75) is 44.2 Å². The van der Waals surface area contributed by atoms with Crippen LogP contribution in [0.4, 0.5) is 4.39 Å². The number of hydrogen-bond donors (Lipinski definition) is 2. The molecule has 4 nitrogen and oxygen atoms in total. The van der Waals surface area contributed by atoms with Gasteiger partial charge in [0.1, 0.15) is 0 Å². The molecule has 0 heterocycles. The molecule has 2 N–H and O–H groups in total. The van der Waals surface area contributed by atoms with Gasteiger partial charge < -0.3 is 5.11 Å². The van der Waals surface area contributed by atoms with Crippen LogP contribution in [0.1, 0.15) is 27.2 Å². The molecule has 1 rings (SSSR count). The van der Waals surface area contributed by atoms with Crippen LogP contribution in [0.5, 0.6) is 0 Å². The second-order valence-corrected chi connectivity index (χ2v) is 6.86. The maximum absolute atomic E-state index is 12.6. The zero-order valence-electron chi connectivity index (χ0n) is 12.5. The summed E-state index contributed by atoms with van der Waals surface area (Å²) in [5.74, 6) is -0.145. The van der Waals surface area contributed by atoms with E-state index in [1.807, 2.05) is 13.8 Å². The molecule has 0 amide bonds. The quantitative estimate of drug-likeness (QED) is 0.813. The molecule has 0 aliphatic heterocycles. The molecule has 0 aromatic heterocycles. The summed E-state index contributed by atoms with van der Waals surface area (Å²) in [6.45, 7) is 5.12. The van der Waals surface area contributed by atoms with E-state index < -0.39 is 22.2 Å². The summed E-state index contributed by atoms with van der Waals surface area (Å²) in [5.41, 5.74) is 0.0936. The maximum Gasteiger partial charge on any atom is 0.240 e. The van der Waals surface area contributed by atoms with Gasteiger partial charge in [0, 0.05) is 0 Å². The number of sulfonamides is 1. The number of hydrogen-bond acceptors (Lipinski definition) is 3. The standard InChI is InChI=1S/C15H22FNO3S/c1-4-11(2)14(15(18)12(3)10-16)17-21(19,20)13-8-6-5-7-9-13/h5-11,14-15,17-18H,4H2,1-3H3/b12-10+/t11-,14-,15-/m0/s1. The Morgan fingerprint density at radius 1 is 1.38 bits per heavy atom. The highest BCUT2D eigenvalue weighted by molar-refractivity contribution is 7.89. The van der Waals surface area contributed by atoms with E-state index >= 15 is 0 Å². The van der Waals surface area contributed by atoms with Gasteiger partial charge in [0.25, 0.3) is 0 Å². The maximum atomic E-state index is 12.6. The van der Waals surface area contributed by atoms with Crippen LogP contribution in [0, 0.1) is 5.92 Å². The minimum atomic E-state index is -3.76. The van der Waals surface area contributed by atoms with Gasteiger partial charge in [-0.05, 0) is 30.5 Å². The molecular weight excluding hydrogens is 293 g/mol. The zero-order valence-corrected chi connectivity index (χ0v) is 13.3. The Morgan fingerprint density at radius 3 is 2.43 bits per heavy atom. The SMILES string of the molecule is CC[C@H](C)[C@H](NS(=O)(=O)c1ccccc1)[C@@H](O)/C(C)=C/F. The first-order valence-corrected chi connectivity index (χ1v) is 8.34. The molecule has 1 aromatic rings. The Balaban J connectivity index is 3.07. The number of halogens is 1. The predicted molar refractivity (Wildman–Crippen MR) is 80.9 cm³/mol. The first-order valence-electron chi connectivity index (χ1n) is 6.85. The molecule has 0 aliphatic rings. The number of aliphatic hydroxyl groups is 1. The molecule has 0 unspecified atom stereocenters. The Kier molecular flexibility index (Phi) is 6.51. The van der Waals surface area contributed by atoms with Crippen molar-refractivity contribution in [2.75, 3.05) is 0 Å². The lowest BCUT2D eigenvalue weighted by molar-refractivity contribution is 0.141. The predicted octanol–water partition coefficient (Wildman–Crippen LogP) is 2.61. The lowest BCUT2D eigenvalue weighted by Crippen LogP contribution is -2.47. The van der Waals surface area contributed by atoms with E-state index in [1.54, 1.807) is 18.2 Å². The topological polar surface area (TPSA) is 66.4 Å². The number of nitrogens with one attached hydrogen (secondary N) is 1. The fourth-order valence-corrected chi connectivity index (χ4v) is 3.31. The van der Waals surface area contributed by atoms with Gasteiger partial charge in [-0.3, -0.25) is 0 Å². The molecule has 0 bridgehead atoms. The van der Waals surface area contributed by atoms with Gasteiger partial charge in [-0.1, -0.05) is 38.5 Å². The van der Waals surface area contributed by atoms with Crippen molar-refractivity contribution in [3.8, 4) is 0 Å². The lowest BCUT2D eigenvalue weighted by atomic mass is 9.92. The molecule has 6 heteroatoms. The van der Waals surface area contributed by atoms with Crippen LogP contribution in [0.15, 0.2) is 47.1 Å². The molecule has 21 heavy (non-hydrogen) atoms. The molecule has 0 aliphatic carbocycles. The van der Waals surface area contributed by atoms with Crippen LogP contribution in [0.2, 0.25) is 0 Å². The van der Waals surface area contributed by atoms with Crippen molar-refractivity contribution in [2.24, 2.45) is 5.92 Å². The van der Waals surface area contributed by atoms with Crippen molar-refractivity contribution in [1.29, 1.82) is 0 Å². The van der Waals surface area contributed by atoms with Crippen LogP contribution in [0.3, 0.4) is 0 Å². The van der Waals surface area contributed by atoms with E-state index in [4.69, 9.17) is 0 Å². The highest BCUT2D eigenvalue weighted by Gasteiger charge is 2.30. The molecule has 0 spiro atoms. The Labute approximate surface area is 125 Å². The number of rotatable bonds is 7. The van der Waals surface area contributed by atoms with Crippen LogP contribution in [-0.2, 0) is 10.0 Å². The van der Waals surface area contributed by atoms with E-state index in [1.165, 1.54) is 19.1 Å². The van der Waals surface area contributed by atoms with Gasteiger partial charge in [-0.15, -0.1) is 0 Å². The van der Waals surface area contributed by atoms with E-state index in [2.05, 4.69) is 4.72 Å². The van der Waals surface area contributed by atoms with Crippen LogP contribution in [-0.4, -0.2) is 25.7 Å². The molecule has 0 saturated carbocycles. The van der Waals surface area contributed by atoms with E-state index in [0.717, 1.165) is 0 Å². The Morgan fingerprint density at radius 2 is 1.95 bits per heavy atom. The Bertz CT molecular complexity index is 572. The second-order valence-electron chi connectivity index (χ2n) is 5.14. The number of benzene rings is 1. The van der Waals surface area contributed by atoms with Gasteiger partial charge in [-0.2, -0.15) is 0 Å². The molecular formula is C15H22FNO3S. The summed E-state index contributed by atoms with van der Waals surface area (Å²) in [4.78, 5) is 0.118. The summed E-state index contributed by atoms with van der Waals surface area (Å²) < 4.78 is 39.8. The third kappa shape index (κ3) is 4.62. The van der Waals surface area contributed by atoms with E-state index in [0.29, 0.717) is 12.8 Å². The van der Waals surface area contributed by atoms with Crippen molar-refractivity contribution >= 4 is 10.0 Å². The van der Waals surface area contributed by atoms with E-state index in [9.17, 15) is 17.9 Å². The van der Waals surface area contributed by atoms with Crippen molar-refractivity contribution in [1.82, 2.24) is 4.72 Å². The largest absolute Gasteiger partial charge is 0.387 e. The van der Waals surface area contributed by atoms with Crippen molar-refractivity contribution in [3.63, 3.8) is 0 Å². The third-order valence-electron chi connectivity index (χ3n) is 3.58. The zero-order chi connectivity index (χ0) is 16.0. The van der Waals surface area contributed by atoms with E-state index in [-0.39, 0.29) is 16.4 Å². The van der Waals surface area contributed by atoms with Gasteiger partial charge in [0.2, 0.25) is 10.0 Å². The van der Waals surface area contributed by atoms with Crippen LogP contribution < -0.4 is 4.72 Å². The second kappa shape index (κ2) is 7.68. The third-order valence-corrected chi connectivity index (χ3v) is 5.06. The summed E-state index contributed by atoms with van der Waals surface area (Å²) in [6, 6.07) is 7.12. The average Bonchev–Trinajstić information content (AvgIpc) is 2.51. The fraction of sp³-hybridized carbons (Fsp3) is 0.467. The summed E-state index contributed by atoms with van der Waals surface area (Å²) >= 11 is 0.